The molecule has 1 unspecified atom stereocenters. The predicted molar refractivity (Wildman–Crippen MR) is 108 cm³/mol. The summed E-state index contributed by atoms with van der Waals surface area (Å²) in [5, 5.41) is 5.79. The number of rotatable bonds is 6. The zero-order valence-corrected chi connectivity index (χ0v) is 15.1. The van der Waals surface area contributed by atoms with E-state index < -0.39 is 17.9 Å². The van der Waals surface area contributed by atoms with Crippen LogP contribution in [0.4, 0.5) is 17.5 Å². The molecule has 2 aromatic carbocycles. The van der Waals surface area contributed by atoms with Crippen molar-refractivity contribution in [3.8, 4) is 0 Å². The Bertz CT molecular complexity index is 1010. The topological polar surface area (TPSA) is 162 Å². The highest BCUT2D eigenvalue weighted by Crippen LogP contribution is 2.22. The number of nitrogens with two attached hydrogens (primary N) is 3. The molecular formula is C19H21N7O2. The van der Waals surface area contributed by atoms with Crippen LogP contribution >= 0.6 is 0 Å². The Hall–Kier alpha value is -3.72. The number of nitrogen functional groups attached to an aromatic ring is 2. The number of carbonyl (C=O) groups excluding carboxylic acids is 2. The van der Waals surface area contributed by atoms with Crippen molar-refractivity contribution in [2.75, 3.05) is 23.3 Å². The van der Waals surface area contributed by atoms with Crippen LogP contribution in [0.2, 0.25) is 0 Å². The third kappa shape index (κ3) is 4.71. The molecule has 2 amide bonds. The van der Waals surface area contributed by atoms with Crippen molar-refractivity contribution >= 4 is 40.2 Å². The van der Waals surface area contributed by atoms with Crippen molar-refractivity contribution in [3.63, 3.8) is 0 Å². The molecule has 9 nitrogen and oxygen atoms in total. The van der Waals surface area contributed by atoms with Gasteiger partial charge in [0.05, 0.1) is 18.1 Å². The van der Waals surface area contributed by atoms with Crippen molar-refractivity contribution in [1.29, 1.82) is 0 Å². The lowest BCUT2D eigenvalue weighted by molar-refractivity contribution is -0.125. The lowest BCUT2D eigenvalue weighted by atomic mass is 10.1. The molecule has 0 saturated heterocycles. The van der Waals surface area contributed by atoms with E-state index in [0.717, 1.165) is 5.56 Å². The molecule has 144 valence electrons. The summed E-state index contributed by atoms with van der Waals surface area (Å²) in [6.45, 7) is -0.201. The van der Waals surface area contributed by atoms with Crippen molar-refractivity contribution in [1.82, 2.24) is 15.3 Å². The van der Waals surface area contributed by atoms with Crippen LogP contribution in [0.15, 0.2) is 48.5 Å². The molecule has 3 rings (SSSR count). The highest BCUT2D eigenvalue weighted by molar-refractivity contribution is 5.98. The molecule has 0 aliphatic heterocycles. The summed E-state index contributed by atoms with van der Waals surface area (Å²) in [5.74, 6) is -0.490. The summed E-state index contributed by atoms with van der Waals surface area (Å²) in [6.07, 6.45) is 0.390. The van der Waals surface area contributed by atoms with Crippen molar-refractivity contribution in [3.05, 3.63) is 54.1 Å². The Balaban J connectivity index is 1.55. The third-order valence-corrected chi connectivity index (χ3v) is 4.08. The number of carbonyl (C=O) groups is 2. The average molecular weight is 379 g/mol. The number of nitrogens with zero attached hydrogens (tertiary/aromatic N) is 2. The maximum atomic E-state index is 12.1. The smallest absolute Gasteiger partial charge is 0.243 e. The van der Waals surface area contributed by atoms with Gasteiger partial charge in [-0.3, -0.25) is 9.59 Å². The molecule has 1 aromatic heterocycles. The summed E-state index contributed by atoms with van der Waals surface area (Å²) < 4.78 is 0. The number of anilines is 3. The number of amides is 2. The lowest BCUT2D eigenvalue weighted by Crippen LogP contribution is -2.44. The van der Waals surface area contributed by atoms with Gasteiger partial charge in [-0.2, -0.15) is 4.98 Å². The minimum Gasteiger partial charge on any atom is -0.383 e. The second-order valence-electron chi connectivity index (χ2n) is 6.26. The van der Waals surface area contributed by atoms with Crippen molar-refractivity contribution < 1.29 is 9.59 Å². The fourth-order valence-electron chi connectivity index (χ4n) is 2.71. The number of hydrogen-bond donors (Lipinski definition) is 5. The SMILES string of the molecule is Nc1nc(N)c2cc(NC(=O)CNC(=O)C(N)Cc3ccccc3)ccc2n1. The quantitative estimate of drug-likeness (QED) is 0.414. The normalized spacial score (nSPS) is 11.8. The van der Waals surface area contributed by atoms with Gasteiger partial charge in [0, 0.05) is 11.1 Å². The summed E-state index contributed by atoms with van der Waals surface area (Å²) >= 11 is 0. The Kier molecular flexibility index (Phi) is 5.66. The lowest BCUT2D eigenvalue weighted by Gasteiger charge is -2.13. The van der Waals surface area contributed by atoms with Gasteiger partial charge in [-0.25, -0.2) is 4.98 Å². The molecule has 0 spiro atoms. The van der Waals surface area contributed by atoms with E-state index in [2.05, 4.69) is 20.6 Å². The number of benzene rings is 2. The number of nitrogens with one attached hydrogen (secondary N) is 2. The van der Waals surface area contributed by atoms with Gasteiger partial charge in [0.2, 0.25) is 17.8 Å². The summed E-state index contributed by atoms with van der Waals surface area (Å²) in [7, 11) is 0. The maximum absolute atomic E-state index is 12.1. The summed E-state index contributed by atoms with van der Waals surface area (Å²) in [4.78, 5) is 32.2. The van der Waals surface area contributed by atoms with E-state index in [1.807, 2.05) is 30.3 Å². The standard InChI is InChI=1S/C19H21N7O2/c20-14(8-11-4-2-1-3-5-11)18(28)23-10-16(27)24-12-6-7-15-13(9-12)17(21)26-19(22)25-15/h1-7,9,14H,8,10,20H2,(H,23,28)(H,24,27)(H4,21,22,25,26). The Morgan fingerprint density at radius 3 is 2.54 bits per heavy atom. The van der Waals surface area contributed by atoms with Crippen LogP contribution in [0.25, 0.3) is 10.9 Å². The number of fused-ring (bicyclic) bond motifs is 1. The molecule has 9 heteroatoms. The molecule has 1 heterocycles. The van der Waals surface area contributed by atoms with Crippen molar-refractivity contribution in [2.24, 2.45) is 5.73 Å². The van der Waals surface area contributed by atoms with Gasteiger partial charge < -0.3 is 27.8 Å². The Morgan fingerprint density at radius 2 is 1.79 bits per heavy atom. The second-order valence-corrected chi connectivity index (χ2v) is 6.26. The predicted octanol–water partition coefficient (Wildman–Crippen LogP) is 0.419. The molecule has 0 fully saturated rings. The third-order valence-electron chi connectivity index (χ3n) is 4.08. The van der Waals surface area contributed by atoms with Crippen LogP contribution in [0.5, 0.6) is 0 Å². The Labute approximate surface area is 161 Å². The van der Waals surface area contributed by atoms with Crippen LogP contribution in [-0.4, -0.2) is 34.4 Å². The second kappa shape index (κ2) is 8.31. The Morgan fingerprint density at radius 1 is 1.04 bits per heavy atom. The minimum absolute atomic E-state index is 0.0799. The fourth-order valence-corrected chi connectivity index (χ4v) is 2.71. The molecular weight excluding hydrogens is 358 g/mol. The van der Waals surface area contributed by atoms with Crippen molar-refractivity contribution in [2.45, 2.75) is 12.5 Å². The number of aromatic nitrogens is 2. The highest BCUT2D eigenvalue weighted by Gasteiger charge is 2.15. The van der Waals surface area contributed by atoms with Crippen LogP contribution in [-0.2, 0) is 16.0 Å². The maximum Gasteiger partial charge on any atom is 0.243 e. The largest absolute Gasteiger partial charge is 0.383 e. The average Bonchev–Trinajstić information content (AvgIpc) is 2.67. The van der Waals surface area contributed by atoms with Gasteiger partial charge >= 0.3 is 0 Å². The number of hydrogen-bond acceptors (Lipinski definition) is 7. The zero-order valence-electron chi connectivity index (χ0n) is 15.1. The summed E-state index contributed by atoms with van der Waals surface area (Å²) in [6, 6.07) is 13.7. The van der Waals surface area contributed by atoms with Gasteiger partial charge in [-0.15, -0.1) is 0 Å². The zero-order chi connectivity index (χ0) is 20.1. The molecule has 3 aromatic rings. The van der Waals surface area contributed by atoms with E-state index in [4.69, 9.17) is 17.2 Å². The van der Waals surface area contributed by atoms with E-state index >= 15 is 0 Å². The van der Waals surface area contributed by atoms with Gasteiger partial charge in [0.1, 0.15) is 5.82 Å². The van der Waals surface area contributed by atoms with E-state index in [1.165, 1.54) is 0 Å². The fraction of sp³-hybridized carbons (Fsp3) is 0.158. The minimum atomic E-state index is -0.738. The van der Waals surface area contributed by atoms with Gasteiger partial charge in [0.15, 0.2) is 0 Å². The first kappa shape index (κ1) is 19.1. The van der Waals surface area contributed by atoms with Crippen LogP contribution < -0.4 is 27.8 Å². The van der Waals surface area contributed by atoms with Gasteiger partial charge in [-0.05, 0) is 30.2 Å². The van der Waals surface area contributed by atoms with Gasteiger partial charge in [-0.1, -0.05) is 30.3 Å². The molecule has 1 atom stereocenters. The molecule has 0 aliphatic carbocycles. The van der Waals surface area contributed by atoms with Crippen LogP contribution in [0.3, 0.4) is 0 Å². The van der Waals surface area contributed by atoms with E-state index in [1.54, 1.807) is 18.2 Å². The molecule has 28 heavy (non-hydrogen) atoms. The van der Waals surface area contributed by atoms with Crippen LogP contribution in [0.1, 0.15) is 5.56 Å². The molecule has 0 aliphatic rings. The molecule has 0 bridgehead atoms. The van der Waals surface area contributed by atoms with Gasteiger partial charge in [0.25, 0.3) is 0 Å². The first-order chi connectivity index (χ1) is 13.4. The summed E-state index contributed by atoms with van der Waals surface area (Å²) in [5.41, 5.74) is 19.3. The first-order valence-electron chi connectivity index (χ1n) is 8.62. The first-order valence-corrected chi connectivity index (χ1v) is 8.62. The van der Waals surface area contributed by atoms with E-state index in [0.29, 0.717) is 23.0 Å². The monoisotopic (exact) mass is 379 g/mol. The molecule has 8 N–H and O–H groups in total. The van der Waals surface area contributed by atoms with Crippen LogP contribution in [0, 0.1) is 0 Å². The van der Waals surface area contributed by atoms with E-state index in [-0.39, 0.29) is 18.3 Å². The molecule has 0 saturated carbocycles. The molecule has 0 radical (unpaired) electrons. The highest BCUT2D eigenvalue weighted by atomic mass is 16.2. The van der Waals surface area contributed by atoms with E-state index in [9.17, 15) is 9.59 Å².